The first kappa shape index (κ1) is 26.8. The van der Waals surface area contributed by atoms with Crippen molar-refractivity contribution in [2.24, 2.45) is 0 Å². The first-order valence-corrected chi connectivity index (χ1v) is 12.3. The van der Waals surface area contributed by atoms with Gasteiger partial charge in [-0.3, -0.25) is 14.9 Å². The van der Waals surface area contributed by atoms with E-state index in [0.29, 0.717) is 27.3 Å². The number of nitrogens with zero attached hydrogens (tertiary/aromatic N) is 2. The molecule has 2 amide bonds. The molecule has 36 heavy (non-hydrogen) atoms. The Morgan fingerprint density at radius 1 is 0.972 bits per heavy atom. The predicted molar refractivity (Wildman–Crippen MR) is 136 cm³/mol. The van der Waals surface area contributed by atoms with Crippen LogP contribution in [0.3, 0.4) is 0 Å². The fraction of sp³-hybridized carbons (Fsp3) is 0.261. The number of ether oxygens (including phenoxy) is 4. The van der Waals surface area contributed by atoms with Crippen LogP contribution in [-0.2, 0) is 9.53 Å². The van der Waals surface area contributed by atoms with Crippen LogP contribution in [-0.4, -0.2) is 61.7 Å². The summed E-state index contributed by atoms with van der Waals surface area (Å²) in [6.07, 6.45) is 0. The third-order valence-electron chi connectivity index (χ3n) is 4.58. The average molecular weight is 533 g/mol. The Kier molecular flexibility index (Phi) is 9.47. The summed E-state index contributed by atoms with van der Waals surface area (Å²) in [5.41, 5.74) is 0.899. The number of aromatic nitrogens is 2. The van der Waals surface area contributed by atoms with Gasteiger partial charge in [0.2, 0.25) is 16.8 Å². The standard InChI is InChI=1S/C23H24N4O7S2/c1-5-34-21(30)14-8-6-7-9-15(14)24-18(28)12-35-23-27-26-22(36-23)25-20(29)13-10-16(31-2)19(33-4)17(11-13)32-3/h6-11H,5,12H2,1-4H3,(H,24,28)(H,25,26,29). The number of nitrogens with one attached hydrogen (secondary N) is 2. The first-order chi connectivity index (χ1) is 17.4. The highest BCUT2D eigenvalue weighted by Crippen LogP contribution is 2.38. The van der Waals surface area contributed by atoms with Crippen LogP contribution in [0.15, 0.2) is 40.7 Å². The molecule has 3 aromatic rings. The molecule has 1 heterocycles. The number of para-hydroxylation sites is 1. The molecule has 1 aromatic heterocycles. The van der Waals surface area contributed by atoms with E-state index >= 15 is 0 Å². The molecular formula is C23H24N4O7S2. The second-order valence-corrected chi connectivity index (χ2v) is 9.04. The molecule has 0 aliphatic rings. The number of carbonyl (C=O) groups excluding carboxylic acids is 3. The lowest BCUT2D eigenvalue weighted by atomic mass is 10.1. The van der Waals surface area contributed by atoms with Crippen molar-refractivity contribution in [1.82, 2.24) is 10.2 Å². The number of esters is 1. The number of amides is 2. The third-order valence-corrected chi connectivity index (χ3v) is 6.55. The molecule has 0 spiro atoms. The number of hydrogen-bond donors (Lipinski definition) is 2. The van der Waals surface area contributed by atoms with Crippen LogP contribution in [0, 0.1) is 0 Å². The van der Waals surface area contributed by atoms with E-state index < -0.39 is 11.9 Å². The maximum atomic E-state index is 12.7. The summed E-state index contributed by atoms with van der Waals surface area (Å²) in [4.78, 5) is 37.2. The monoisotopic (exact) mass is 532 g/mol. The molecule has 0 saturated heterocycles. The normalized spacial score (nSPS) is 10.3. The van der Waals surface area contributed by atoms with Gasteiger partial charge in [-0.25, -0.2) is 4.79 Å². The maximum absolute atomic E-state index is 12.7. The zero-order valence-corrected chi connectivity index (χ0v) is 21.6. The van der Waals surface area contributed by atoms with Crippen LogP contribution in [0.4, 0.5) is 10.8 Å². The second-order valence-electron chi connectivity index (χ2n) is 6.84. The summed E-state index contributed by atoms with van der Waals surface area (Å²) < 4.78 is 21.3. The highest BCUT2D eigenvalue weighted by atomic mass is 32.2. The molecule has 0 radical (unpaired) electrons. The Hall–Kier alpha value is -3.84. The fourth-order valence-corrected chi connectivity index (χ4v) is 4.54. The van der Waals surface area contributed by atoms with Crippen molar-refractivity contribution in [3.8, 4) is 17.2 Å². The van der Waals surface area contributed by atoms with Crippen LogP contribution in [0.2, 0.25) is 0 Å². The van der Waals surface area contributed by atoms with E-state index in [0.717, 1.165) is 23.1 Å². The summed E-state index contributed by atoms with van der Waals surface area (Å²) in [6.45, 7) is 1.94. The van der Waals surface area contributed by atoms with E-state index in [4.69, 9.17) is 18.9 Å². The third kappa shape index (κ3) is 6.64. The molecule has 0 saturated carbocycles. The van der Waals surface area contributed by atoms with Crippen molar-refractivity contribution >= 4 is 51.7 Å². The molecule has 0 aliphatic heterocycles. The molecule has 0 fully saturated rings. The van der Waals surface area contributed by atoms with E-state index in [1.165, 1.54) is 33.5 Å². The Balaban J connectivity index is 1.60. The van der Waals surface area contributed by atoms with E-state index in [2.05, 4.69) is 20.8 Å². The number of methoxy groups -OCH3 is 3. The minimum absolute atomic E-state index is 0.0205. The molecule has 2 aromatic carbocycles. The van der Waals surface area contributed by atoms with Gasteiger partial charge in [0.25, 0.3) is 5.91 Å². The zero-order valence-electron chi connectivity index (χ0n) is 19.9. The van der Waals surface area contributed by atoms with E-state index in [1.54, 1.807) is 31.2 Å². The summed E-state index contributed by atoms with van der Waals surface area (Å²) in [5, 5.41) is 13.6. The van der Waals surface area contributed by atoms with Crippen LogP contribution in [0.1, 0.15) is 27.6 Å². The van der Waals surface area contributed by atoms with Crippen LogP contribution < -0.4 is 24.8 Å². The predicted octanol–water partition coefficient (Wildman–Crippen LogP) is 3.72. The molecule has 190 valence electrons. The molecule has 3 rings (SSSR count). The van der Waals surface area contributed by atoms with Crippen molar-refractivity contribution in [2.75, 3.05) is 44.3 Å². The average Bonchev–Trinajstić information content (AvgIpc) is 3.34. The quantitative estimate of drug-likeness (QED) is 0.213. The van der Waals surface area contributed by atoms with E-state index in [1.807, 2.05) is 0 Å². The smallest absolute Gasteiger partial charge is 0.340 e. The summed E-state index contributed by atoms with van der Waals surface area (Å²) >= 11 is 2.26. The van der Waals surface area contributed by atoms with Crippen LogP contribution in [0.25, 0.3) is 0 Å². The molecule has 0 aliphatic carbocycles. The highest BCUT2D eigenvalue weighted by Gasteiger charge is 2.19. The largest absolute Gasteiger partial charge is 0.493 e. The van der Waals surface area contributed by atoms with Crippen molar-refractivity contribution in [3.63, 3.8) is 0 Å². The Morgan fingerprint density at radius 3 is 2.31 bits per heavy atom. The van der Waals surface area contributed by atoms with Gasteiger partial charge >= 0.3 is 5.97 Å². The Morgan fingerprint density at radius 2 is 1.67 bits per heavy atom. The molecule has 11 nitrogen and oxygen atoms in total. The first-order valence-electron chi connectivity index (χ1n) is 10.5. The number of anilines is 2. The lowest BCUT2D eigenvalue weighted by Crippen LogP contribution is -2.17. The van der Waals surface area contributed by atoms with Crippen molar-refractivity contribution in [1.29, 1.82) is 0 Å². The van der Waals surface area contributed by atoms with Gasteiger partial charge in [-0.2, -0.15) is 0 Å². The van der Waals surface area contributed by atoms with Crippen molar-refractivity contribution < 1.29 is 33.3 Å². The number of benzene rings is 2. The number of thioether (sulfide) groups is 1. The maximum Gasteiger partial charge on any atom is 0.340 e. The molecule has 0 unspecified atom stereocenters. The number of hydrogen-bond acceptors (Lipinski definition) is 11. The molecular weight excluding hydrogens is 508 g/mol. The van der Waals surface area contributed by atoms with Gasteiger partial charge < -0.3 is 24.3 Å². The zero-order chi connectivity index (χ0) is 26.1. The minimum Gasteiger partial charge on any atom is -0.493 e. The van der Waals surface area contributed by atoms with Gasteiger partial charge in [0.1, 0.15) is 0 Å². The Bertz CT molecular complexity index is 1220. The second kappa shape index (κ2) is 12.7. The van der Waals surface area contributed by atoms with E-state index in [9.17, 15) is 14.4 Å². The summed E-state index contributed by atoms with van der Waals surface area (Å²) in [7, 11) is 4.39. The fourth-order valence-electron chi connectivity index (χ4n) is 2.99. The number of rotatable bonds is 11. The van der Waals surface area contributed by atoms with Gasteiger partial charge in [0, 0.05) is 5.56 Å². The summed E-state index contributed by atoms with van der Waals surface area (Å²) in [6, 6.07) is 9.63. The lowest BCUT2D eigenvalue weighted by Gasteiger charge is -2.13. The highest BCUT2D eigenvalue weighted by molar-refractivity contribution is 8.01. The molecule has 0 atom stereocenters. The minimum atomic E-state index is -0.516. The van der Waals surface area contributed by atoms with Crippen LogP contribution >= 0.6 is 23.1 Å². The summed E-state index contributed by atoms with van der Waals surface area (Å²) in [5.74, 6) is -0.235. The van der Waals surface area contributed by atoms with Crippen molar-refractivity contribution in [2.45, 2.75) is 11.3 Å². The van der Waals surface area contributed by atoms with Crippen molar-refractivity contribution in [3.05, 3.63) is 47.5 Å². The van der Waals surface area contributed by atoms with Crippen LogP contribution in [0.5, 0.6) is 17.2 Å². The SMILES string of the molecule is CCOC(=O)c1ccccc1NC(=O)CSc1nnc(NC(=O)c2cc(OC)c(OC)c(OC)c2)s1. The molecule has 13 heteroatoms. The Labute approximate surface area is 215 Å². The lowest BCUT2D eigenvalue weighted by molar-refractivity contribution is -0.113. The van der Waals surface area contributed by atoms with Gasteiger partial charge in [-0.05, 0) is 31.2 Å². The van der Waals surface area contributed by atoms with Gasteiger partial charge in [0.05, 0.1) is 44.9 Å². The topological polar surface area (TPSA) is 138 Å². The molecule has 2 N–H and O–H groups in total. The van der Waals surface area contributed by atoms with Gasteiger partial charge in [0.15, 0.2) is 15.8 Å². The van der Waals surface area contributed by atoms with Gasteiger partial charge in [-0.1, -0.05) is 35.2 Å². The van der Waals surface area contributed by atoms with Gasteiger partial charge in [-0.15, -0.1) is 10.2 Å². The molecule has 0 bridgehead atoms. The number of carbonyl (C=O) groups is 3. The van der Waals surface area contributed by atoms with E-state index in [-0.39, 0.29) is 34.5 Å².